The Bertz CT molecular complexity index is 1340. The fraction of sp³-hybridized carbons (Fsp3) is 0.269. The van der Waals surface area contributed by atoms with Crippen molar-refractivity contribution < 1.29 is 19.1 Å². The van der Waals surface area contributed by atoms with Crippen molar-refractivity contribution in [2.45, 2.75) is 38.7 Å². The molecule has 1 fully saturated rings. The first-order valence-electron chi connectivity index (χ1n) is 11.5. The van der Waals surface area contributed by atoms with Gasteiger partial charge in [0.05, 0.1) is 18.0 Å². The van der Waals surface area contributed by atoms with Crippen LogP contribution < -0.4 is 5.32 Å². The van der Waals surface area contributed by atoms with Gasteiger partial charge in [-0.3, -0.25) is 9.36 Å². The van der Waals surface area contributed by atoms with Gasteiger partial charge in [-0.2, -0.15) is 0 Å². The zero-order valence-electron chi connectivity index (χ0n) is 19.4. The van der Waals surface area contributed by atoms with Crippen LogP contribution in [0.25, 0.3) is 11.2 Å². The van der Waals surface area contributed by atoms with Crippen LogP contribution in [0.5, 0.6) is 0 Å². The molecule has 178 valence electrons. The van der Waals surface area contributed by atoms with E-state index in [2.05, 4.69) is 20.3 Å². The summed E-state index contributed by atoms with van der Waals surface area (Å²) in [6, 6.07) is 17.7. The number of esters is 1. The van der Waals surface area contributed by atoms with Crippen molar-refractivity contribution in [3.8, 4) is 0 Å². The number of carbonyl (C=O) groups excluding carboxylic acids is 2. The Kier molecular flexibility index (Phi) is 6.24. The molecule has 1 N–H and O–H groups in total. The van der Waals surface area contributed by atoms with Crippen LogP contribution in [0.3, 0.4) is 0 Å². The molecule has 0 radical (unpaired) electrons. The second-order valence-corrected chi connectivity index (χ2v) is 8.43. The predicted molar refractivity (Wildman–Crippen MR) is 129 cm³/mol. The van der Waals surface area contributed by atoms with Crippen LogP contribution in [0.4, 0.5) is 5.82 Å². The van der Waals surface area contributed by atoms with Gasteiger partial charge in [-0.1, -0.05) is 50.2 Å². The van der Waals surface area contributed by atoms with E-state index in [0.29, 0.717) is 28.1 Å². The molecule has 0 unspecified atom stereocenters. The lowest BCUT2D eigenvalue weighted by atomic mass is 9.98. The highest BCUT2D eigenvalue weighted by Crippen LogP contribution is 2.39. The number of fused-ring (bicyclic) bond motifs is 1. The molecule has 0 bridgehead atoms. The number of nitrogens with one attached hydrogen (secondary N) is 1. The van der Waals surface area contributed by atoms with E-state index in [4.69, 9.17) is 9.47 Å². The van der Waals surface area contributed by atoms with Gasteiger partial charge in [0.2, 0.25) is 0 Å². The summed E-state index contributed by atoms with van der Waals surface area (Å²) in [7, 11) is 0. The van der Waals surface area contributed by atoms with E-state index >= 15 is 0 Å². The Morgan fingerprint density at radius 2 is 1.69 bits per heavy atom. The number of nitrogens with zero attached hydrogens (tertiary/aromatic N) is 4. The molecule has 9 heteroatoms. The van der Waals surface area contributed by atoms with Crippen LogP contribution in [-0.4, -0.2) is 43.6 Å². The average Bonchev–Trinajstić information content (AvgIpc) is 3.46. The molecule has 0 saturated carbocycles. The van der Waals surface area contributed by atoms with Gasteiger partial charge in [0, 0.05) is 11.5 Å². The topological polar surface area (TPSA) is 108 Å². The smallest absolute Gasteiger partial charge is 0.338 e. The molecule has 1 aliphatic rings. The van der Waals surface area contributed by atoms with Gasteiger partial charge in [-0.05, 0) is 30.7 Å². The zero-order chi connectivity index (χ0) is 24.4. The zero-order valence-corrected chi connectivity index (χ0v) is 19.4. The first-order valence-corrected chi connectivity index (χ1v) is 11.5. The number of aromatic nitrogens is 4. The van der Waals surface area contributed by atoms with Crippen LogP contribution in [0.2, 0.25) is 0 Å². The van der Waals surface area contributed by atoms with E-state index in [1.807, 2.05) is 26.0 Å². The number of imidazole rings is 1. The van der Waals surface area contributed by atoms with E-state index in [1.54, 1.807) is 59.4 Å². The quantitative estimate of drug-likeness (QED) is 0.419. The third-order valence-corrected chi connectivity index (χ3v) is 6.26. The number of hydrogen-bond donors (Lipinski definition) is 1. The summed E-state index contributed by atoms with van der Waals surface area (Å²) in [5.41, 5.74) is 1.87. The third-order valence-electron chi connectivity index (χ3n) is 6.26. The minimum absolute atomic E-state index is 0.0470. The van der Waals surface area contributed by atoms with Gasteiger partial charge in [0.15, 0.2) is 29.3 Å². The van der Waals surface area contributed by atoms with Crippen LogP contribution >= 0.6 is 0 Å². The molecule has 1 saturated heterocycles. The van der Waals surface area contributed by atoms with E-state index in [0.717, 1.165) is 6.42 Å². The van der Waals surface area contributed by atoms with Crippen molar-refractivity contribution >= 4 is 28.9 Å². The first kappa shape index (κ1) is 22.7. The van der Waals surface area contributed by atoms with Gasteiger partial charge < -0.3 is 14.8 Å². The number of hydrogen-bond acceptors (Lipinski definition) is 7. The average molecular weight is 472 g/mol. The van der Waals surface area contributed by atoms with Gasteiger partial charge in [0.1, 0.15) is 6.33 Å². The lowest BCUT2D eigenvalue weighted by molar-refractivity contribution is -0.0469. The Morgan fingerprint density at radius 1 is 1.00 bits per heavy atom. The number of carbonyl (C=O) groups is 2. The second kappa shape index (κ2) is 9.63. The van der Waals surface area contributed by atoms with Crippen LogP contribution in [0.15, 0.2) is 73.3 Å². The van der Waals surface area contributed by atoms with Crippen molar-refractivity contribution in [3.05, 3.63) is 84.4 Å². The number of amides is 1. The summed E-state index contributed by atoms with van der Waals surface area (Å²) in [6.45, 7) is 4.04. The summed E-state index contributed by atoms with van der Waals surface area (Å²) in [4.78, 5) is 38.6. The molecule has 2 aromatic carbocycles. The molecule has 2 aromatic heterocycles. The summed E-state index contributed by atoms with van der Waals surface area (Å²) < 4.78 is 14.0. The first-order chi connectivity index (χ1) is 17.1. The maximum atomic E-state index is 12.9. The van der Waals surface area contributed by atoms with Crippen LogP contribution in [0, 0.1) is 5.92 Å². The summed E-state index contributed by atoms with van der Waals surface area (Å²) in [5, 5.41) is 2.81. The second-order valence-electron chi connectivity index (χ2n) is 8.43. The Morgan fingerprint density at radius 3 is 2.37 bits per heavy atom. The van der Waals surface area contributed by atoms with Gasteiger partial charge in [-0.15, -0.1) is 0 Å². The Labute approximate surface area is 202 Å². The number of anilines is 1. The van der Waals surface area contributed by atoms with E-state index in [-0.39, 0.29) is 17.9 Å². The maximum absolute atomic E-state index is 12.9. The third kappa shape index (κ3) is 4.38. The molecule has 9 nitrogen and oxygen atoms in total. The minimum atomic E-state index is -0.625. The maximum Gasteiger partial charge on any atom is 0.338 e. The highest BCUT2D eigenvalue weighted by molar-refractivity contribution is 6.06. The lowest BCUT2D eigenvalue weighted by Crippen LogP contribution is -2.30. The number of ether oxygens (including phenoxy) is 2. The molecule has 0 aliphatic carbocycles. The molecule has 4 atom stereocenters. The lowest BCUT2D eigenvalue weighted by Gasteiger charge is -2.22. The molecule has 1 aliphatic heterocycles. The fourth-order valence-electron chi connectivity index (χ4n) is 4.37. The van der Waals surface area contributed by atoms with Gasteiger partial charge in [0.25, 0.3) is 5.91 Å². The summed E-state index contributed by atoms with van der Waals surface area (Å²) in [5.74, 6) is -0.470. The van der Waals surface area contributed by atoms with Crippen molar-refractivity contribution in [2.75, 3.05) is 5.32 Å². The van der Waals surface area contributed by atoms with Crippen molar-refractivity contribution in [3.63, 3.8) is 0 Å². The van der Waals surface area contributed by atoms with Gasteiger partial charge >= 0.3 is 5.97 Å². The predicted octanol–water partition coefficient (Wildman–Crippen LogP) is 4.25. The highest BCUT2D eigenvalue weighted by atomic mass is 16.6. The van der Waals surface area contributed by atoms with E-state index < -0.39 is 18.3 Å². The SMILES string of the molecule is CC[C@@H]1O[C@@H](n2cnc3c(NC(=O)c4ccccc4)ncnc32)[C@H](OC(=O)c2ccccc2)[C@H]1C. The molecule has 4 aromatic rings. The molecule has 0 spiro atoms. The number of rotatable bonds is 6. The van der Waals surface area contributed by atoms with Crippen LogP contribution in [0.1, 0.15) is 47.2 Å². The summed E-state index contributed by atoms with van der Waals surface area (Å²) >= 11 is 0. The molecule has 1 amide bonds. The largest absolute Gasteiger partial charge is 0.454 e. The molecule has 3 heterocycles. The Hall–Kier alpha value is -4.11. The molecular formula is C26H25N5O4. The van der Waals surface area contributed by atoms with Crippen molar-refractivity contribution in [1.82, 2.24) is 19.5 Å². The van der Waals surface area contributed by atoms with E-state index in [1.165, 1.54) is 6.33 Å². The standard InChI is InChI=1S/C26H25N5O4/c1-3-19-16(2)21(35-26(33)18-12-8-5-9-13-18)25(34-19)31-15-29-20-22(27-14-28-23(20)31)30-24(32)17-10-6-4-7-11-17/h4-16,19,21,25H,3H2,1-2H3,(H,27,28,30,32)/t16-,19-,21+,25+/m0/s1. The van der Waals surface area contributed by atoms with Crippen molar-refractivity contribution in [1.29, 1.82) is 0 Å². The molecular weight excluding hydrogens is 446 g/mol. The summed E-state index contributed by atoms with van der Waals surface area (Å²) in [6.07, 6.45) is 2.42. The minimum Gasteiger partial charge on any atom is -0.454 e. The monoisotopic (exact) mass is 471 g/mol. The Balaban J connectivity index is 1.45. The fourth-order valence-corrected chi connectivity index (χ4v) is 4.37. The normalized spacial score (nSPS) is 21.7. The van der Waals surface area contributed by atoms with E-state index in [9.17, 15) is 9.59 Å². The van der Waals surface area contributed by atoms with Gasteiger partial charge in [-0.25, -0.2) is 19.7 Å². The highest BCUT2D eigenvalue weighted by Gasteiger charge is 2.45. The molecule has 35 heavy (non-hydrogen) atoms. The van der Waals surface area contributed by atoms with Crippen molar-refractivity contribution in [2.24, 2.45) is 5.92 Å². The number of benzene rings is 2. The van der Waals surface area contributed by atoms with Crippen LogP contribution in [-0.2, 0) is 9.47 Å². The molecule has 5 rings (SSSR count).